The SMILES string of the molecule is C[C@@H]1CN(S(=O)(=O)c2ccc(-c3ccc(S(=O)(=O)N4C[C@@H](C)O[C@@H](C)C4)cc3)cc2)C[C@H](C)O1. The van der Waals surface area contributed by atoms with Crippen molar-refractivity contribution in [2.24, 2.45) is 0 Å². The molecule has 0 unspecified atom stereocenters. The van der Waals surface area contributed by atoms with Gasteiger partial charge < -0.3 is 9.47 Å². The van der Waals surface area contributed by atoms with Crippen LogP contribution in [0.2, 0.25) is 0 Å². The number of morpholine rings is 2. The van der Waals surface area contributed by atoms with Crippen LogP contribution in [0.1, 0.15) is 27.7 Å². The van der Waals surface area contributed by atoms with E-state index in [4.69, 9.17) is 9.47 Å². The molecule has 0 saturated carbocycles. The van der Waals surface area contributed by atoms with Crippen molar-refractivity contribution < 1.29 is 26.3 Å². The normalized spacial score (nSPS) is 27.5. The molecule has 4 rings (SSSR count). The largest absolute Gasteiger partial charge is 0.373 e. The lowest BCUT2D eigenvalue weighted by Crippen LogP contribution is -2.48. The molecule has 2 heterocycles. The van der Waals surface area contributed by atoms with E-state index in [9.17, 15) is 16.8 Å². The summed E-state index contributed by atoms with van der Waals surface area (Å²) in [7, 11) is -7.23. The Morgan fingerprint density at radius 1 is 0.559 bits per heavy atom. The minimum absolute atomic E-state index is 0.156. The third-order valence-corrected chi connectivity index (χ3v) is 9.78. The standard InChI is InChI=1S/C24H32N2O6S2/c1-17-13-25(14-18(2)31-17)33(27,28)23-9-5-21(6-10-23)22-7-11-24(12-8-22)34(29,30)26-15-19(3)32-20(4)16-26/h5-12,17-20H,13-16H2,1-4H3/t17-,18+,19-,20+. The van der Waals surface area contributed by atoms with Gasteiger partial charge in [0.1, 0.15) is 0 Å². The van der Waals surface area contributed by atoms with E-state index in [1.807, 2.05) is 27.7 Å². The predicted molar refractivity (Wildman–Crippen MR) is 129 cm³/mol. The molecule has 0 aromatic heterocycles. The van der Waals surface area contributed by atoms with Crippen molar-refractivity contribution in [1.82, 2.24) is 8.61 Å². The summed E-state index contributed by atoms with van der Waals surface area (Å²) in [6.07, 6.45) is -0.624. The molecule has 0 radical (unpaired) electrons. The summed E-state index contributed by atoms with van der Waals surface area (Å²) in [5.74, 6) is 0. The fraction of sp³-hybridized carbons (Fsp3) is 0.500. The van der Waals surface area contributed by atoms with Crippen molar-refractivity contribution >= 4 is 20.0 Å². The zero-order chi connectivity index (χ0) is 24.7. The second kappa shape index (κ2) is 9.67. The minimum atomic E-state index is -3.62. The maximum atomic E-state index is 13.1. The van der Waals surface area contributed by atoms with Gasteiger partial charge >= 0.3 is 0 Å². The quantitative estimate of drug-likeness (QED) is 0.617. The van der Waals surface area contributed by atoms with Gasteiger partial charge in [0.2, 0.25) is 20.0 Å². The number of benzene rings is 2. The Bertz CT molecular complexity index is 1100. The van der Waals surface area contributed by atoms with E-state index in [-0.39, 0.29) is 34.2 Å². The second-order valence-electron chi connectivity index (χ2n) is 9.21. The van der Waals surface area contributed by atoms with Gasteiger partial charge in [-0.1, -0.05) is 24.3 Å². The fourth-order valence-corrected chi connectivity index (χ4v) is 7.77. The number of hydrogen-bond acceptors (Lipinski definition) is 6. The number of nitrogens with zero attached hydrogens (tertiary/aromatic N) is 2. The van der Waals surface area contributed by atoms with Crippen LogP contribution in [-0.4, -0.2) is 76.0 Å². The van der Waals surface area contributed by atoms with E-state index in [1.54, 1.807) is 48.5 Å². The van der Waals surface area contributed by atoms with E-state index in [1.165, 1.54) is 8.61 Å². The van der Waals surface area contributed by atoms with E-state index in [0.29, 0.717) is 26.2 Å². The highest BCUT2D eigenvalue weighted by Crippen LogP contribution is 2.27. The molecule has 0 spiro atoms. The van der Waals surface area contributed by atoms with E-state index in [2.05, 4.69) is 0 Å². The molecule has 34 heavy (non-hydrogen) atoms. The lowest BCUT2D eigenvalue weighted by Gasteiger charge is -2.34. The van der Waals surface area contributed by atoms with Gasteiger partial charge in [-0.25, -0.2) is 16.8 Å². The van der Waals surface area contributed by atoms with Crippen molar-refractivity contribution in [3.8, 4) is 11.1 Å². The number of ether oxygens (including phenoxy) is 2. The van der Waals surface area contributed by atoms with Crippen LogP contribution in [-0.2, 0) is 29.5 Å². The van der Waals surface area contributed by atoms with E-state index >= 15 is 0 Å². The molecule has 0 aliphatic carbocycles. The number of sulfonamides is 2. The van der Waals surface area contributed by atoms with Crippen LogP contribution >= 0.6 is 0 Å². The summed E-state index contributed by atoms with van der Waals surface area (Å²) in [4.78, 5) is 0.458. The molecule has 8 nitrogen and oxygen atoms in total. The van der Waals surface area contributed by atoms with Gasteiger partial charge in [0.25, 0.3) is 0 Å². The van der Waals surface area contributed by atoms with Gasteiger partial charge in [-0.15, -0.1) is 0 Å². The Morgan fingerprint density at radius 2 is 0.824 bits per heavy atom. The van der Waals surface area contributed by atoms with E-state index < -0.39 is 20.0 Å². The van der Waals surface area contributed by atoms with Gasteiger partial charge in [0, 0.05) is 26.2 Å². The van der Waals surface area contributed by atoms with Gasteiger partial charge in [0.05, 0.1) is 34.2 Å². The molecular formula is C24H32N2O6S2. The number of rotatable bonds is 5. The summed E-state index contributed by atoms with van der Waals surface area (Å²) in [5, 5.41) is 0. The van der Waals surface area contributed by atoms with Crippen LogP contribution in [0.15, 0.2) is 58.3 Å². The topological polar surface area (TPSA) is 93.2 Å². The monoisotopic (exact) mass is 508 g/mol. The van der Waals surface area contributed by atoms with Gasteiger partial charge in [0.15, 0.2) is 0 Å². The highest BCUT2D eigenvalue weighted by molar-refractivity contribution is 7.89. The Kier molecular flexibility index (Phi) is 7.19. The summed E-state index contributed by atoms with van der Waals surface area (Å²) < 4.78 is 66.5. The molecule has 2 fully saturated rings. The highest BCUT2D eigenvalue weighted by atomic mass is 32.2. The molecule has 0 amide bonds. The van der Waals surface area contributed by atoms with Crippen molar-refractivity contribution in [2.75, 3.05) is 26.2 Å². The molecular weight excluding hydrogens is 476 g/mol. The first kappa shape index (κ1) is 25.3. The van der Waals surface area contributed by atoms with Crippen molar-refractivity contribution in [3.63, 3.8) is 0 Å². The Hall–Kier alpha value is -1.82. The first-order valence-electron chi connectivity index (χ1n) is 11.5. The number of hydrogen-bond donors (Lipinski definition) is 0. The summed E-state index contributed by atoms with van der Waals surface area (Å²) in [6.45, 7) is 8.76. The summed E-state index contributed by atoms with van der Waals surface area (Å²) >= 11 is 0. The Labute approximate surface area is 202 Å². The van der Waals surface area contributed by atoms with Crippen LogP contribution in [0, 0.1) is 0 Å². The van der Waals surface area contributed by atoms with Crippen molar-refractivity contribution in [3.05, 3.63) is 48.5 Å². The minimum Gasteiger partial charge on any atom is -0.373 e. The molecule has 10 heteroatoms. The maximum absolute atomic E-state index is 13.1. The van der Waals surface area contributed by atoms with Crippen LogP contribution in [0.3, 0.4) is 0 Å². The highest BCUT2D eigenvalue weighted by Gasteiger charge is 2.33. The first-order valence-corrected chi connectivity index (χ1v) is 14.4. The molecule has 2 aromatic rings. The van der Waals surface area contributed by atoms with Gasteiger partial charge in [-0.3, -0.25) is 0 Å². The molecule has 2 saturated heterocycles. The van der Waals surface area contributed by atoms with Crippen LogP contribution < -0.4 is 0 Å². The van der Waals surface area contributed by atoms with Crippen molar-refractivity contribution in [1.29, 1.82) is 0 Å². The van der Waals surface area contributed by atoms with Gasteiger partial charge in [-0.2, -0.15) is 8.61 Å². The third-order valence-electron chi connectivity index (χ3n) is 6.09. The van der Waals surface area contributed by atoms with Crippen LogP contribution in [0.25, 0.3) is 11.1 Å². The molecule has 2 aliphatic rings. The zero-order valence-electron chi connectivity index (χ0n) is 19.9. The average Bonchev–Trinajstić information content (AvgIpc) is 2.78. The van der Waals surface area contributed by atoms with E-state index in [0.717, 1.165) is 11.1 Å². The fourth-order valence-electron chi connectivity index (χ4n) is 4.59. The molecule has 2 aromatic carbocycles. The van der Waals surface area contributed by atoms with Crippen LogP contribution in [0.5, 0.6) is 0 Å². The van der Waals surface area contributed by atoms with Gasteiger partial charge in [-0.05, 0) is 63.1 Å². The molecule has 2 aliphatic heterocycles. The molecule has 186 valence electrons. The molecule has 4 atom stereocenters. The maximum Gasteiger partial charge on any atom is 0.243 e. The predicted octanol–water partition coefficient (Wildman–Crippen LogP) is 2.95. The molecule has 0 bridgehead atoms. The lowest BCUT2D eigenvalue weighted by atomic mass is 10.1. The van der Waals surface area contributed by atoms with Crippen LogP contribution in [0.4, 0.5) is 0 Å². The third kappa shape index (κ3) is 5.22. The zero-order valence-corrected chi connectivity index (χ0v) is 21.6. The Balaban J connectivity index is 1.51. The lowest BCUT2D eigenvalue weighted by molar-refractivity contribution is -0.0442. The summed E-state index contributed by atoms with van der Waals surface area (Å²) in [5.41, 5.74) is 1.61. The Morgan fingerprint density at radius 3 is 1.09 bits per heavy atom. The first-order chi connectivity index (χ1) is 16.0. The average molecular weight is 509 g/mol. The van der Waals surface area contributed by atoms with Crippen molar-refractivity contribution in [2.45, 2.75) is 61.9 Å². The second-order valence-corrected chi connectivity index (χ2v) is 13.1. The molecule has 0 N–H and O–H groups in total. The smallest absolute Gasteiger partial charge is 0.243 e. The summed E-state index contributed by atoms with van der Waals surface area (Å²) in [6, 6.07) is 13.4.